The quantitative estimate of drug-likeness (QED) is 0.746. The molecule has 1 aromatic heterocycles. The Morgan fingerprint density at radius 3 is 2.71 bits per heavy atom. The maximum absolute atomic E-state index is 11.2. The Hall–Kier alpha value is -1.49. The van der Waals surface area contributed by atoms with Gasteiger partial charge in [0.1, 0.15) is 0 Å². The van der Waals surface area contributed by atoms with E-state index in [1.165, 1.54) is 12.1 Å². The minimum Gasteiger partial charge on any atom is -0.494 e. The third-order valence-electron chi connectivity index (χ3n) is 2.07. The molecule has 2 aromatic rings. The molecule has 14 heavy (non-hydrogen) atoms. The molecule has 5 heteroatoms. The molecule has 2 N–H and O–H groups in total. The first-order valence-corrected chi connectivity index (χ1v) is 5.88. The standard InChI is InChI=1S/C9H9NO3S/c1-14(12,13)7-3-2-6-5-10-9(11)8(6)4-7/h2-5,10-11H,1H3. The average Bonchev–Trinajstić information content (AvgIpc) is 2.46. The molecule has 0 saturated heterocycles. The molecule has 0 spiro atoms. The minimum absolute atomic E-state index is 0.00880. The van der Waals surface area contributed by atoms with Crippen LogP contribution in [0, 0.1) is 0 Å². The van der Waals surface area contributed by atoms with E-state index in [0.29, 0.717) is 5.39 Å². The molecule has 0 aliphatic carbocycles. The molecule has 0 atom stereocenters. The summed E-state index contributed by atoms with van der Waals surface area (Å²) < 4.78 is 22.4. The maximum atomic E-state index is 11.2. The van der Waals surface area contributed by atoms with Gasteiger partial charge in [-0.2, -0.15) is 0 Å². The van der Waals surface area contributed by atoms with Gasteiger partial charge in [0.05, 0.1) is 4.90 Å². The van der Waals surface area contributed by atoms with Crippen molar-refractivity contribution >= 4 is 20.6 Å². The minimum atomic E-state index is -3.21. The molecule has 0 fully saturated rings. The number of hydrogen-bond donors (Lipinski definition) is 2. The van der Waals surface area contributed by atoms with E-state index in [1.54, 1.807) is 12.3 Å². The summed E-state index contributed by atoms with van der Waals surface area (Å²) in [7, 11) is -3.21. The largest absolute Gasteiger partial charge is 0.494 e. The monoisotopic (exact) mass is 211 g/mol. The first-order chi connectivity index (χ1) is 6.48. The number of nitrogens with one attached hydrogen (secondary N) is 1. The van der Waals surface area contributed by atoms with Gasteiger partial charge in [0.15, 0.2) is 15.7 Å². The van der Waals surface area contributed by atoms with E-state index < -0.39 is 9.84 Å². The van der Waals surface area contributed by atoms with E-state index in [0.717, 1.165) is 11.6 Å². The van der Waals surface area contributed by atoms with Gasteiger partial charge >= 0.3 is 0 Å². The number of aromatic nitrogens is 1. The number of rotatable bonds is 1. The predicted octanol–water partition coefficient (Wildman–Crippen LogP) is 1.28. The summed E-state index contributed by atoms with van der Waals surface area (Å²) in [6.45, 7) is 0. The molecule has 0 aliphatic rings. The lowest BCUT2D eigenvalue weighted by molar-refractivity contribution is 0.462. The Morgan fingerprint density at radius 1 is 1.36 bits per heavy atom. The normalized spacial score (nSPS) is 12.1. The molecule has 0 unspecified atom stereocenters. The molecule has 0 aliphatic heterocycles. The second-order valence-corrected chi connectivity index (χ2v) is 5.17. The molecular weight excluding hydrogens is 202 g/mol. The first kappa shape index (κ1) is 9.08. The van der Waals surface area contributed by atoms with Crippen LogP contribution in [0.2, 0.25) is 0 Å². The highest BCUT2D eigenvalue weighted by Gasteiger charge is 2.09. The van der Waals surface area contributed by atoms with Gasteiger partial charge in [0.25, 0.3) is 0 Å². The van der Waals surface area contributed by atoms with E-state index in [-0.39, 0.29) is 10.8 Å². The Balaban J connectivity index is 2.79. The fourth-order valence-corrected chi connectivity index (χ4v) is 1.97. The van der Waals surface area contributed by atoms with Crippen LogP contribution < -0.4 is 0 Å². The topological polar surface area (TPSA) is 70.2 Å². The number of aromatic hydroxyl groups is 1. The van der Waals surface area contributed by atoms with Gasteiger partial charge in [-0.15, -0.1) is 0 Å². The summed E-state index contributed by atoms with van der Waals surface area (Å²) in [5, 5.41) is 10.7. The highest BCUT2D eigenvalue weighted by Crippen LogP contribution is 2.25. The lowest BCUT2D eigenvalue weighted by Crippen LogP contribution is -1.95. The lowest BCUT2D eigenvalue weighted by atomic mass is 10.2. The van der Waals surface area contributed by atoms with E-state index in [1.807, 2.05) is 0 Å². The molecule has 0 bridgehead atoms. The van der Waals surface area contributed by atoms with Crippen LogP contribution in [0.1, 0.15) is 0 Å². The van der Waals surface area contributed by atoms with Crippen LogP contribution in [0.5, 0.6) is 5.88 Å². The Kier molecular flexibility index (Phi) is 1.78. The van der Waals surface area contributed by atoms with Crippen molar-refractivity contribution in [1.29, 1.82) is 0 Å². The van der Waals surface area contributed by atoms with Crippen LogP contribution in [0.25, 0.3) is 10.8 Å². The van der Waals surface area contributed by atoms with Crippen molar-refractivity contribution in [3.8, 4) is 5.88 Å². The maximum Gasteiger partial charge on any atom is 0.196 e. The number of aromatic amines is 1. The fraction of sp³-hybridized carbons (Fsp3) is 0.111. The van der Waals surface area contributed by atoms with Crippen molar-refractivity contribution in [3.63, 3.8) is 0 Å². The molecule has 74 valence electrons. The second-order valence-electron chi connectivity index (χ2n) is 3.16. The van der Waals surface area contributed by atoms with Gasteiger partial charge in [0.2, 0.25) is 0 Å². The molecular formula is C9H9NO3S. The van der Waals surface area contributed by atoms with Gasteiger partial charge in [-0.05, 0) is 12.1 Å². The van der Waals surface area contributed by atoms with Crippen LogP contribution >= 0.6 is 0 Å². The molecule has 0 amide bonds. The summed E-state index contributed by atoms with van der Waals surface area (Å²) in [6, 6.07) is 4.63. The van der Waals surface area contributed by atoms with Crippen LogP contribution in [-0.4, -0.2) is 24.8 Å². The zero-order valence-corrected chi connectivity index (χ0v) is 8.30. The summed E-state index contributed by atoms with van der Waals surface area (Å²) in [5.41, 5.74) is 0. The summed E-state index contributed by atoms with van der Waals surface area (Å²) >= 11 is 0. The number of benzene rings is 1. The zero-order chi connectivity index (χ0) is 10.3. The van der Waals surface area contributed by atoms with Gasteiger partial charge in [-0.25, -0.2) is 8.42 Å². The Bertz CT molecular complexity index is 583. The van der Waals surface area contributed by atoms with Gasteiger partial charge < -0.3 is 10.1 Å². The zero-order valence-electron chi connectivity index (χ0n) is 7.48. The predicted molar refractivity (Wildman–Crippen MR) is 53.1 cm³/mol. The summed E-state index contributed by atoms with van der Waals surface area (Å²) in [5.74, 6) is -0.00880. The summed E-state index contributed by atoms with van der Waals surface area (Å²) in [4.78, 5) is 2.82. The highest BCUT2D eigenvalue weighted by atomic mass is 32.2. The smallest absolute Gasteiger partial charge is 0.196 e. The second kappa shape index (κ2) is 2.75. The molecule has 0 radical (unpaired) electrons. The number of hydrogen-bond acceptors (Lipinski definition) is 3. The third-order valence-corrected chi connectivity index (χ3v) is 3.18. The van der Waals surface area contributed by atoms with Crippen LogP contribution in [0.3, 0.4) is 0 Å². The van der Waals surface area contributed by atoms with Crippen molar-refractivity contribution in [1.82, 2.24) is 4.98 Å². The third kappa shape index (κ3) is 1.35. The van der Waals surface area contributed by atoms with Crippen molar-refractivity contribution in [2.24, 2.45) is 0 Å². The number of H-pyrrole nitrogens is 1. The number of fused-ring (bicyclic) bond motifs is 1. The Labute approximate surface area is 81.1 Å². The van der Waals surface area contributed by atoms with Crippen LogP contribution in [0.4, 0.5) is 0 Å². The van der Waals surface area contributed by atoms with E-state index >= 15 is 0 Å². The Morgan fingerprint density at radius 2 is 2.07 bits per heavy atom. The molecule has 4 nitrogen and oxygen atoms in total. The van der Waals surface area contributed by atoms with Crippen LogP contribution in [0.15, 0.2) is 29.3 Å². The van der Waals surface area contributed by atoms with Gasteiger partial charge in [-0.3, -0.25) is 0 Å². The average molecular weight is 211 g/mol. The molecule has 1 heterocycles. The highest BCUT2D eigenvalue weighted by molar-refractivity contribution is 7.90. The van der Waals surface area contributed by atoms with Crippen molar-refractivity contribution in [2.45, 2.75) is 4.90 Å². The summed E-state index contributed by atoms with van der Waals surface area (Å²) in [6.07, 6.45) is 2.76. The van der Waals surface area contributed by atoms with E-state index in [2.05, 4.69) is 4.98 Å². The molecule has 0 saturated carbocycles. The fourth-order valence-electron chi connectivity index (χ4n) is 1.32. The number of sulfone groups is 1. The van der Waals surface area contributed by atoms with Crippen LogP contribution in [-0.2, 0) is 9.84 Å². The van der Waals surface area contributed by atoms with E-state index in [4.69, 9.17) is 0 Å². The van der Waals surface area contributed by atoms with Crippen molar-refractivity contribution in [2.75, 3.05) is 6.26 Å². The first-order valence-electron chi connectivity index (χ1n) is 3.98. The van der Waals surface area contributed by atoms with E-state index in [9.17, 15) is 13.5 Å². The SMILES string of the molecule is CS(=O)(=O)c1ccc2c[nH]c(O)c2c1. The van der Waals surface area contributed by atoms with Gasteiger partial charge in [0, 0.05) is 23.2 Å². The van der Waals surface area contributed by atoms with Crippen molar-refractivity contribution in [3.05, 3.63) is 24.4 Å². The molecule has 2 rings (SSSR count). The van der Waals surface area contributed by atoms with Gasteiger partial charge in [-0.1, -0.05) is 6.07 Å². The molecule has 1 aromatic carbocycles. The van der Waals surface area contributed by atoms with Crippen molar-refractivity contribution < 1.29 is 13.5 Å². The lowest BCUT2D eigenvalue weighted by Gasteiger charge is -1.97.